The number of nitrogens with zero attached hydrogens (tertiary/aromatic N) is 2. The number of amides is 1. The molecule has 5 rings (SSSR count). The van der Waals surface area contributed by atoms with E-state index in [2.05, 4.69) is 58.3 Å². The van der Waals surface area contributed by atoms with Gasteiger partial charge in [-0.1, -0.05) is 48.5 Å². The highest BCUT2D eigenvalue weighted by Crippen LogP contribution is 2.46. The molecule has 3 heteroatoms. The Morgan fingerprint density at radius 2 is 1.79 bits per heavy atom. The van der Waals surface area contributed by atoms with Crippen LogP contribution in [-0.4, -0.2) is 30.4 Å². The third-order valence-corrected chi connectivity index (χ3v) is 5.88. The molecule has 2 aromatic rings. The van der Waals surface area contributed by atoms with E-state index in [0.29, 0.717) is 11.8 Å². The zero-order valence-electron chi connectivity index (χ0n) is 13.8. The zero-order chi connectivity index (χ0) is 16.1. The van der Waals surface area contributed by atoms with Crippen molar-refractivity contribution in [3.63, 3.8) is 0 Å². The highest BCUT2D eigenvalue weighted by atomic mass is 16.2. The monoisotopic (exact) mass is 318 g/mol. The van der Waals surface area contributed by atoms with Gasteiger partial charge in [0.2, 0.25) is 5.91 Å². The Hall–Kier alpha value is -2.13. The van der Waals surface area contributed by atoms with Gasteiger partial charge in [0.05, 0.1) is 11.6 Å². The van der Waals surface area contributed by atoms with E-state index in [0.717, 1.165) is 39.0 Å². The first-order chi connectivity index (χ1) is 11.8. The predicted molar refractivity (Wildman–Crippen MR) is 95.1 cm³/mol. The second-order valence-electron chi connectivity index (χ2n) is 7.34. The molecule has 0 saturated carbocycles. The molecule has 1 amide bonds. The first kappa shape index (κ1) is 14.2. The Morgan fingerprint density at radius 3 is 2.67 bits per heavy atom. The van der Waals surface area contributed by atoms with Gasteiger partial charge in [-0.15, -0.1) is 0 Å². The van der Waals surface area contributed by atoms with Gasteiger partial charge in [0.25, 0.3) is 0 Å². The molecule has 3 aliphatic rings. The van der Waals surface area contributed by atoms with Crippen molar-refractivity contribution < 1.29 is 4.79 Å². The number of hydrogen-bond donors (Lipinski definition) is 0. The fourth-order valence-electron chi connectivity index (χ4n) is 4.82. The molecular weight excluding hydrogens is 296 g/mol. The summed E-state index contributed by atoms with van der Waals surface area (Å²) < 4.78 is 0. The summed E-state index contributed by atoms with van der Waals surface area (Å²) in [6.45, 7) is 3.72. The largest absolute Gasteiger partial charge is 0.312 e. The lowest BCUT2D eigenvalue weighted by Crippen LogP contribution is -2.45. The summed E-state index contributed by atoms with van der Waals surface area (Å²) in [5, 5.41) is 0. The molecular formula is C21H22N2O. The molecule has 0 aromatic heterocycles. The van der Waals surface area contributed by atoms with Crippen LogP contribution in [0.5, 0.6) is 0 Å². The Morgan fingerprint density at radius 1 is 0.958 bits per heavy atom. The number of aryl methyl sites for hydroxylation is 1. The molecule has 0 unspecified atom stereocenters. The molecule has 122 valence electrons. The summed E-state index contributed by atoms with van der Waals surface area (Å²) in [5.74, 6) is 0.857. The normalized spacial score (nSPS) is 25.5. The fourth-order valence-corrected chi connectivity index (χ4v) is 4.82. The third-order valence-electron chi connectivity index (χ3n) is 5.88. The number of likely N-dealkylation sites (tertiary alicyclic amines) is 1. The van der Waals surface area contributed by atoms with Gasteiger partial charge >= 0.3 is 0 Å². The fraction of sp³-hybridized carbons (Fsp3) is 0.381. The molecule has 3 aliphatic heterocycles. The topological polar surface area (TPSA) is 23.6 Å². The Kier molecular flexibility index (Phi) is 3.23. The van der Waals surface area contributed by atoms with Gasteiger partial charge < -0.3 is 4.90 Å². The first-order valence-corrected chi connectivity index (χ1v) is 9.01. The molecule has 0 aliphatic carbocycles. The predicted octanol–water partition coefficient (Wildman–Crippen LogP) is 3.20. The van der Waals surface area contributed by atoms with Crippen LogP contribution in [0.15, 0.2) is 48.5 Å². The quantitative estimate of drug-likeness (QED) is 0.849. The Bertz CT molecular complexity index is 786. The van der Waals surface area contributed by atoms with Crippen LogP contribution in [0.1, 0.15) is 29.0 Å². The van der Waals surface area contributed by atoms with Crippen LogP contribution in [-0.2, 0) is 17.8 Å². The smallest absolute Gasteiger partial charge is 0.232 e. The van der Waals surface area contributed by atoms with E-state index < -0.39 is 0 Å². The molecule has 0 bridgehead atoms. The lowest BCUT2D eigenvalue weighted by Gasteiger charge is -2.40. The first-order valence-electron chi connectivity index (χ1n) is 9.01. The van der Waals surface area contributed by atoms with Gasteiger partial charge in [0.15, 0.2) is 0 Å². The van der Waals surface area contributed by atoms with E-state index in [4.69, 9.17) is 0 Å². The minimum absolute atomic E-state index is 0.134. The maximum absolute atomic E-state index is 13.1. The van der Waals surface area contributed by atoms with Crippen LogP contribution in [0.25, 0.3) is 0 Å². The maximum atomic E-state index is 13.1. The van der Waals surface area contributed by atoms with E-state index in [9.17, 15) is 4.79 Å². The van der Waals surface area contributed by atoms with Crippen LogP contribution < -0.4 is 4.90 Å². The van der Waals surface area contributed by atoms with Crippen molar-refractivity contribution in [2.45, 2.75) is 25.3 Å². The van der Waals surface area contributed by atoms with Gasteiger partial charge in [0, 0.05) is 32.1 Å². The zero-order valence-corrected chi connectivity index (χ0v) is 13.8. The van der Waals surface area contributed by atoms with Crippen molar-refractivity contribution in [2.75, 3.05) is 24.5 Å². The van der Waals surface area contributed by atoms with E-state index in [-0.39, 0.29) is 5.92 Å². The molecule has 3 heterocycles. The number of carbonyl (C=O) groups excluding carboxylic acids is 1. The number of rotatable bonds is 2. The van der Waals surface area contributed by atoms with Crippen molar-refractivity contribution in [2.24, 2.45) is 5.92 Å². The van der Waals surface area contributed by atoms with E-state index >= 15 is 0 Å². The number of para-hydroxylation sites is 1. The van der Waals surface area contributed by atoms with Gasteiger partial charge in [0.1, 0.15) is 0 Å². The molecule has 3 nitrogen and oxygen atoms in total. The molecule has 0 spiro atoms. The Labute approximate surface area is 142 Å². The molecule has 1 saturated heterocycles. The van der Waals surface area contributed by atoms with Gasteiger partial charge in [-0.3, -0.25) is 9.69 Å². The van der Waals surface area contributed by atoms with Gasteiger partial charge in [-0.05, 0) is 29.5 Å². The molecule has 24 heavy (non-hydrogen) atoms. The number of anilines is 1. The minimum atomic E-state index is 0.134. The summed E-state index contributed by atoms with van der Waals surface area (Å²) in [4.78, 5) is 17.6. The lowest BCUT2D eigenvalue weighted by molar-refractivity contribution is -0.123. The Balaban J connectivity index is 1.48. The molecule has 1 fully saturated rings. The average molecular weight is 318 g/mol. The molecule has 0 radical (unpaired) electrons. The number of carbonyl (C=O) groups is 1. The second kappa shape index (κ2) is 5.45. The molecule has 2 aromatic carbocycles. The third kappa shape index (κ3) is 2.11. The van der Waals surface area contributed by atoms with Crippen molar-refractivity contribution in [3.8, 4) is 0 Å². The van der Waals surface area contributed by atoms with Crippen LogP contribution in [0, 0.1) is 5.92 Å². The summed E-state index contributed by atoms with van der Waals surface area (Å²) in [6, 6.07) is 17.2. The van der Waals surface area contributed by atoms with E-state index in [1.54, 1.807) is 0 Å². The summed E-state index contributed by atoms with van der Waals surface area (Å²) >= 11 is 0. The van der Waals surface area contributed by atoms with Crippen LogP contribution in [0.3, 0.4) is 0 Å². The standard InChI is InChI=1S/C21H22N2O/c24-21-19-14-22(12-15-6-2-1-3-7-15)13-18(19)17-10-4-8-16-9-5-11-23(21)20(16)17/h1-4,6-8,10,18-19H,5,9,11-14H2/t18-,19+/m1/s1. The maximum Gasteiger partial charge on any atom is 0.232 e. The number of benzene rings is 2. The van der Waals surface area contributed by atoms with Crippen molar-refractivity contribution in [1.82, 2.24) is 4.90 Å². The number of fused-ring (bicyclic) bond motifs is 2. The van der Waals surface area contributed by atoms with Crippen LogP contribution in [0.2, 0.25) is 0 Å². The van der Waals surface area contributed by atoms with Crippen LogP contribution >= 0.6 is 0 Å². The van der Waals surface area contributed by atoms with Crippen LogP contribution in [0.4, 0.5) is 5.69 Å². The number of hydrogen-bond acceptors (Lipinski definition) is 2. The van der Waals surface area contributed by atoms with E-state index in [1.807, 2.05) is 0 Å². The van der Waals surface area contributed by atoms with E-state index in [1.165, 1.54) is 22.4 Å². The van der Waals surface area contributed by atoms with Gasteiger partial charge in [-0.2, -0.15) is 0 Å². The SMILES string of the molecule is O=C1[C@H]2CN(Cc3ccccc3)C[C@@H]2c2cccc3c2N1CCC3. The highest BCUT2D eigenvalue weighted by Gasteiger charge is 2.46. The summed E-state index contributed by atoms with van der Waals surface area (Å²) in [5.41, 5.74) is 5.36. The molecule has 0 N–H and O–H groups in total. The highest BCUT2D eigenvalue weighted by molar-refractivity contribution is 6.00. The lowest BCUT2D eigenvalue weighted by atomic mass is 9.80. The second-order valence-corrected chi connectivity index (χ2v) is 7.34. The van der Waals surface area contributed by atoms with Crippen molar-refractivity contribution in [1.29, 1.82) is 0 Å². The van der Waals surface area contributed by atoms with Crippen molar-refractivity contribution >= 4 is 11.6 Å². The molecule has 2 atom stereocenters. The van der Waals surface area contributed by atoms with Crippen molar-refractivity contribution in [3.05, 3.63) is 65.2 Å². The minimum Gasteiger partial charge on any atom is -0.312 e. The van der Waals surface area contributed by atoms with Gasteiger partial charge in [-0.25, -0.2) is 0 Å². The summed E-state index contributed by atoms with van der Waals surface area (Å²) in [6.07, 6.45) is 2.20. The average Bonchev–Trinajstić information content (AvgIpc) is 3.04. The summed E-state index contributed by atoms with van der Waals surface area (Å²) in [7, 11) is 0.